The molecule has 2 rings (SSSR count). The van der Waals surface area contributed by atoms with E-state index in [1.807, 2.05) is 0 Å². The molecule has 5 nitrogen and oxygen atoms in total. The summed E-state index contributed by atoms with van der Waals surface area (Å²) in [7, 11) is -3.86. The van der Waals surface area contributed by atoms with E-state index in [0.717, 1.165) is 16.6 Å². The summed E-state index contributed by atoms with van der Waals surface area (Å²) in [5, 5.41) is 2.67. The lowest BCUT2D eigenvalue weighted by Crippen LogP contribution is -2.47. The maximum absolute atomic E-state index is 14.1. The summed E-state index contributed by atoms with van der Waals surface area (Å²) in [5.74, 6) is -1.22. The van der Waals surface area contributed by atoms with Crippen LogP contribution in [0.3, 0.4) is 0 Å². The van der Waals surface area contributed by atoms with Gasteiger partial charge in [-0.25, -0.2) is 12.8 Å². The van der Waals surface area contributed by atoms with Gasteiger partial charge in [0.25, 0.3) is 0 Å². The fourth-order valence-electron chi connectivity index (χ4n) is 2.41. The number of nitrogens with zero attached hydrogens (tertiary/aromatic N) is 1. The number of hydrogen-bond donors (Lipinski definition) is 1. The molecule has 0 aliphatic carbocycles. The van der Waals surface area contributed by atoms with Crippen molar-refractivity contribution in [2.24, 2.45) is 0 Å². The lowest BCUT2D eigenvalue weighted by molar-refractivity contribution is -0.117. The predicted molar refractivity (Wildman–Crippen MR) is 92.9 cm³/mol. The molecule has 7 heteroatoms. The first-order valence-corrected chi connectivity index (χ1v) is 9.29. The van der Waals surface area contributed by atoms with Gasteiger partial charge in [-0.05, 0) is 30.7 Å². The van der Waals surface area contributed by atoms with E-state index in [1.54, 1.807) is 37.3 Å². The van der Waals surface area contributed by atoms with Gasteiger partial charge < -0.3 is 5.32 Å². The Balaban J connectivity index is 2.40. The fraction of sp³-hybridized carbons (Fsp3) is 0.235. The van der Waals surface area contributed by atoms with Crippen LogP contribution in [0.2, 0.25) is 0 Å². The zero-order valence-corrected chi connectivity index (χ0v) is 14.3. The van der Waals surface area contributed by atoms with E-state index >= 15 is 0 Å². The van der Waals surface area contributed by atoms with E-state index in [0.29, 0.717) is 5.69 Å². The summed E-state index contributed by atoms with van der Waals surface area (Å²) < 4.78 is 39.4. The quantitative estimate of drug-likeness (QED) is 0.871. The van der Waals surface area contributed by atoms with Gasteiger partial charge in [-0.3, -0.25) is 9.10 Å². The Morgan fingerprint density at radius 3 is 2.25 bits per heavy atom. The third-order valence-electron chi connectivity index (χ3n) is 3.46. The van der Waals surface area contributed by atoms with E-state index in [9.17, 15) is 17.6 Å². The van der Waals surface area contributed by atoms with E-state index in [4.69, 9.17) is 0 Å². The van der Waals surface area contributed by atoms with Gasteiger partial charge in [-0.2, -0.15) is 0 Å². The third kappa shape index (κ3) is 4.11. The second kappa shape index (κ2) is 7.44. The van der Waals surface area contributed by atoms with E-state index in [2.05, 4.69) is 5.32 Å². The Labute approximate surface area is 141 Å². The first kappa shape index (κ1) is 17.9. The highest BCUT2D eigenvalue weighted by Crippen LogP contribution is 2.26. The van der Waals surface area contributed by atoms with E-state index in [-0.39, 0.29) is 12.1 Å². The number of anilines is 2. The minimum absolute atomic E-state index is 0.143. The van der Waals surface area contributed by atoms with Crippen LogP contribution in [-0.2, 0) is 14.8 Å². The minimum atomic E-state index is -3.86. The number of carbonyl (C=O) groups excluding carboxylic acids is 1. The van der Waals surface area contributed by atoms with Crippen LogP contribution in [0, 0.1) is 5.82 Å². The van der Waals surface area contributed by atoms with Gasteiger partial charge >= 0.3 is 0 Å². The number of amides is 1. The molecule has 1 amide bonds. The summed E-state index contributed by atoms with van der Waals surface area (Å²) in [6.07, 6.45) is 1.15. The molecule has 0 saturated heterocycles. The Kier molecular flexibility index (Phi) is 5.56. The van der Waals surface area contributed by atoms with Crippen LogP contribution in [0.15, 0.2) is 54.6 Å². The number of sulfonamides is 1. The molecular formula is C17H19FN2O3S. The van der Waals surface area contributed by atoms with Crippen LogP contribution in [0.25, 0.3) is 0 Å². The second-order valence-electron chi connectivity index (χ2n) is 5.29. The van der Waals surface area contributed by atoms with Gasteiger partial charge in [0.05, 0.1) is 11.9 Å². The summed E-state index contributed by atoms with van der Waals surface area (Å²) in [6, 6.07) is 13.1. The number of carbonyl (C=O) groups is 1. The van der Waals surface area contributed by atoms with Gasteiger partial charge in [0.15, 0.2) is 0 Å². The average Bonchev–Trinajstić information content (AvgIpc) is 2.53. The minimum Gasteiger partial charge on any atom is -0.324 e. The molecule has 128 valence electrons. The number of nitrogens with one attached hydrogen (secondary N) is 1. The van der Waals surface area contributed by atoms with Crippen LogP contribution in [0.4, 0.5) is 15.8 Å². The highest BCUT2D eigenvalue weighted by Gasteiger charge is 2.33. The highest BCUT2D eigenvalue weighted by atomic mass is 32.2. The molecule has 2 aromatic carbocycles. The van der Waals surface area contributed by atoms with E-state index in [1.165, 1.54) is 18.2 Å². The Morgan fingerprint density at radius 1 is 1.12 bits per heavy atom. The average molecular weight is 350 g/mol. The lowest BCUT2D eigenvalue weighted by atomic mass is 10.1. The summed E-state index contributed by atoms with van der Waals surface area (Å²) in [4.78, 5) is 12.6. The van der Waals surface area contributed by atoms with E-state index < -0.39 is 27.8 Å². The van der Waals surface area contributed by atoms with Gasteiger partial charge in [0.2, 0.25) is 15.9 Å². The van der Waals surface area contributed by atoms with Crippen molar-refractivity contribution in [1.82, 2.24) is 0 Å². The van der Waals surface area contributed by atoms with Gasteiger partial charge in [0.1, 0.15) is 11.9 Å². The second-order valence-corrected chi connectivity index (χ2v) is 7.15. The van der Waals surface area contributed by atoms with Crippen molar-refractivity contribution < 1.29 is 17.6 Å². The molecule has 1 unspecified atom stereocenters. The maximum atomic E-state index is 14.1. The smallest absolute Gasteiger partial charge is 0.248 e. The first-order chi connectivity index (χ1) is 11.3. The number of hydrogen-bond acceptors (Lipinski definition) is 3. The molecule has 0 heterocycles. The molecule has 0 radical (unpaired) electrons. The topological polar surface area (TPSA) is 66.5 Å². The number of rotatable bonds is 6. The van der Waals surface area contributed by atoms with Crippen molar-refractivity contribution in [3.8, 4) is 0 Å². The van der Waals surface area contributed by atoms with Crippen LogP contribution in [0.5, 0.6) is 0 Å². The SMILES string of the molecule is CCC(C(=O)Nc1ccccc1)N(c1ccccc1F)S(C)(=O)=O. The van der Waals surface area contributed by atoms with Crippen LogP contribution >= 0.6 is 0 Å². The molecular weight excluding hydrogens is 331 g/mol. The maximum Gasteiger partial charge on any atom is 0.248 e. The molecule has 1 N–H and O–H groups in total. The monoisotopic (exact) mass is 350 g/mol. The largest absolute Gasteiger partial charge is 0.324 e. The predicted octanol–water partition coefficient (Wildman–Crippen LogP) is 3.01. The standard InChI is InChI=1S/C17H19FN2O3S/c1-3-15(17(21)19-13-9-5-4-6-10-13)20(24(2,22)23)16-12-8-7-11-14(16)18/h4-12,15H,3H2,1-2H3,(H,19,21). The summed E-state index contributed by atoms with van der Waals surface area (Å²) in [6.45, 7) is 1.67. The zero-order chi connectivity index (χ0) is 17.7. The van der Waals surface area contributed by atoms with Crippen LogP contribution < -0.4 is 9.62 Å². The van der Waals surface area contributed by atoms with Crippen molar-refractivity contribution in [1.29, 1.82) is 0 Å². The van der Waals surface area contributed by atoms with Crippen molar-refractivity contribution >= 4 is 27.3 Å². The molecule has 0 fully saturated rings. The zero-order valence-electron chi connectivity index (χ0n) is 13.4. The van der Waals surface area contributed by atoms with Crippen molar-refractivity contribution in [2.45, 2.75) is 19.4 Å². The van der Waals surface area contributed by atoms with Crippen molar-refractivity contribution in [2.75, 3.05) is 15.9 Å². The fourth-order valence-corrected chi connectivity index (χ4v) is 3.63. The lowest BCUT2D eigenvalue weighted by Gasteiger charge is -2.30. The number of halogens is 1. The van der Waals surface area contributed by atoms with Gasteiger partial charge in [-0.15, -0.1) is 0 Å². The molecule has 0 aromatic heterocycles. The van der Waals surface area contributed by atoms with Crippen LogP contribution in [-0.4, -0.2) is 26.6 Å². The normalized spacial score (nSPS) is 12.5. The molecule has 2 aromatic rings. The first-order valence-electron chi connectivity index (χ1n) is 7.44. The molecule has 0 saturated carbocycles. The summed E-state index contributed by atoms with van der Waals surface area (Å²) in [5.41, 5.74) is 0.401. The van der Waals surface area contributed by atoms with Gasteiger partial charge in [0, 0.05) is 5.69 Å². The third-order valence-corrected chi connectivity index (χ3v) is 4.63. The van der Waals surface area contributed by atoms with Crippen molar-refractivity contribution in [3.63, 3.8) is 0 Å². The molecule has 0 spiro atoms. The Bertz CT molecular complexity index is 810. The number of benzene rings is 2. The molecule has 0 aliphatic heterocycles. The molecule has 0 aliphatic rings. The number of para-hydroxylation sites is 2. The highest BCUT2D eigenvalue weighted by molar-refractivity contribution is 7.92. The molecule has 0 bridgehead atoms. The van der Waals surface area contributed by atoms with Gasteiger partial charge in [-0.1, -0.05) is 37.3 Å². The van der Waals surface area contributed by atoms with Crippen LogP contribution in [0.1, 0.15) is 13.3 Å². The Hall–Kier alpha value is -2.41. The summed E-state index contributed by atoms with van der Waals surface area (Å²) >= 11 is 0. The molecule has 1 atom stereocenters. The molecule has 24 heavy (non-hydrogen) atoms. The Morgan fingerprint density at radius 2 is 1.71 bits per heavy atom. The van der Waals surface area contributed by atoms with Crippen molar-refractivity contribution in [3.05, 3.63) is 60.4 Å².